The number of hydrogen-bond acceptors (Lipinski definition) is 5. The van der Waals surface area contributed by atoms with E-state index in [1.165, 1.54) is 43.4 Å². The molecule has 2 heterocycles. The van der Waals surface area contributed by atoms with Crippen LogP contribution in [0.15, 0.2) is 22.5 Å². The van der Waals surface area contributed by atoms with Gasteiger partial charge >= 0.3 is 0 Å². The molecule has 0 radical (unpaired) electrons. The quantitative estimate of drug-likeness (QED) is 0.274. The second-order valence-electron chi connectivity index (χ2n) is 5.68. The van der Waals surface area contributed by atoms with Crippen molar-refractivity contribution in [3.63, 3.8) is 0 Å². The van der Waals surface area contributed by atoms with Crippen LogP contribution < -0.4 is 16.8 Å². The van der Waals surface area contributed by atoms with E-state index in [9.17, 15) is 0 Å². The molecule has 0 saturated carbocycles. The highest BCUT2D eigenvalue weighted by atomic mass is 35.5. The van der Waals surface area contributed by atoms with Gasteiger partial charge in [0, 0.05) is 23.3 Å². The Kier molecular flexibility index (Phi) is 13.8. The summed E-state index contributed by atoms with van der Waals surface area (Å²) in [4.78, 5) is 11.1. The number of rotatable bonds is 10. The van der Waals surface area contributed by atoms with Crippen LogP contribution in [0.5, 0.6) is 0 Å². The molecule has 0 aromatic carbocycles. The van der Waals surface area contributed by atoms with Crippen LogP contribution in [0.2, 0.25) is 0 Å². The molecule has 0 atom stereocenters. The third kappa shape index (κ3) is 8.68. The highest BCUT2D eigenvalue weighted by molar-refractivity contribution is 7.16. The number of unbranched alkanes of at least 4 members (excludes halogenated alkanes) is 5. The monoisotopic (exact) mass is 437 g/mol. The smallest absolute Gasteiger partial charge is 0.212 e. The number of nitrogens with two attached hydrogens (primary N) is 2. The van der Waals surface area contributed by atoms with Gasteiger partial charge < -0.3 is 16.8 Å². The first-order chi connectivity index (χ1) is 11.7. The van der Waals surface area contributed by atoms with Gasteiger partial charge in [-0.15, -0.1) is 47.5 Å². The van der Waals surface area contributed by atoms with Crippen molar-refractivity contribution < 1.29 is 0 Å². The fraction of sp³-hybridized carbons (Fsp3) is 0.529. The number of hydrogen-bond donors (Lipinski definition) is 3. The van der Waals surface area contributed by atoms with Crippen molar-refractivity contribution in [2.45, 2.75) is 52.0 Å². The average Bonchev–Trinajstić information content (AvgIpc) is 3.22. The predicted molar refractivity (Wildman–Crippen MR) is 120 cm³/mol. The molecule has 26 heavy (non-hydrogen) atoms. The molecular weight excluding hydrogens is 409 g/mol. The molecular formula is C17H29Cl2N5S2. The van der Waals surface area contributed by atoms with Gasteiger partial charge in [-0.3, -0.25) is 0 Å². The molecule has 9 heteroatoms. The average molecular weight is 438 g/mol. The Morgan fingerprint density at radius 3 is 2.58 bits per heavy atom. The lowest BCUT2D eigenvalue weighted by molar-refractivity contribution is 0.602. The maximum absolute atomic E-state index is 5.93. The molecule has 0 unspecified atom stereocenters. The minimum absolute atomic E-state index is 0. The van der Waals surface area contributed by atoms with Gasteiger partial charge in [0.1, 0.15) is 0 Å². The topological polar surface area (TPSA) is 89.3 Å². The van der Waals surface area contributed by atoms with Crippen molar-refractivity contribution in [2.75, 3.05) is 6.54 Å². The van der Waals surface area contributed by atoms with Crippen LogP contribution in [0.3, 0.4) is 0 Å². The standard InChI is InChI=1S/C17H27N5S2.2ClH/c1-2-3-4-5-6-7-10-20-16(19)22-17-21-14(12-23-17)15-9-8-13(11-18)24-15;;/h8-9,12H,2-7,10-11,18H2,1H3,(H3,19,20,21,22);2*1H. The summed E-state index contributed by atoms with van der Waals surface area (Å²) < 4.78 is 0. The lowest BCUT2D eigenvalue weighted by atomic mass is 10.1. The maximum Gasteiger partial charge on any atom is 0.212 e. The van der Waals surface area contributed by atoms with Crippen molar-refractivity contribution in [1.29, 1.82) is 0 Å². The van der Waals surface area contributed by atoms with Gasteiger partial charge in [-0.25, -0.2) is 4.98 Å². The summed E-state index contributed by atoms with van der Waals surface area (Å²) in [7, 11) is 0. The van der Waals surface area contributed by atoms with Gasteiger partial charge in [0.15, 0.2) is 5.96 Å². The van der Waals surface area contributed by atoms with E-state index in [1.54, 1.807) is 11.3 Å². The predicted octanol–water partition coefficient (Wildman–Crippen LogP) is 5.07. The van der Waals surface area contributed by atoms with Crippen LogP contribution in [-0.4, -0.2) is 17.5 Å². The first-order valence-electron chi connectivity index (χ1n) is 8.55. The van der Waals surface area contributed by atoms with Crippen LogP contribution in [0.4, 0.5) is 5.13 Å². The third-order valence-electron chi connectivity index (χ3n) is 3.66. The van der Waals surface area contributed by atoms with Crippen LogP contribution in [0.1, 0.15) is 50.3 Å². The Morgan fingerprint density at radius 1 is 1.15 bits per heavy atom. The summed E-state index contributed by atoms with van der Waals surface area (Å²) in [5.74, 6) is 0.443. The van der Waals surface area contributed by atoms with Crippen LogP contribution >= 0.6 is 47.5 Å². The molecule has 2 aromatic rings. The van der Waals surface area contributed by atoms with Crippen molar-refractivity contribution in [1.82, 2.24) is 10.3 Å². The molecule has 0 bridgehead atoms. The summed E-state index contributed by atoms with van der Waals surface area (Å²) in [6, 6.07) is 4.09. The molecule has 0 fully saturated rings. The Hall–Kier alpha value is -0.860. The zero-order valence-corrected chi connectivity index (χ0v) is 18.3. The maximum atomic E-state index is 5.93. The summed E-state index contributed by atoms with van der Waals surface area (Å²) in [5.41, 5.74) is 12.5. The number of aromatic nitrogens is 1. The molecule has 0 aliphatic carbocycles. The van der Waals surface area contributed by atoms with Crippen LogP contribution in [0.25, 0.3) is 10.6 Å². The van der Waals surface area contributed by atoms with Crippen molar-refractivity contribution >= 4 is 58.6 Å². The fourth-order valence-electron chi connectivity index (χ4n) is 2.32. The van der Waals surface area contributed by atoms with Gasteiger partial charge in [0.05, 0.1) is 10.6 Å². The van der Waals surface area contributed by atoms with Gasteiger partial charge in [-0.05, 0) is 18.6 Å². The number of thiophene rings is 1. The highest BCUT2D eigenvalue weighted by Crippen LogP contribution is 2.31. The minimum atomic E-state index is 0. The van der Waals surface area contributed by atoms with Crippen molar-refractivity contribution in [2.24, 2.45) is 16.5 Å². The van der Waals surface area contributed by atoms with Gasteiger partial charge in [-0.2, -0.15) is 4.99 Å². The molecule has 0 saturated heterocycles. The zero-order chi connectivity index (χ0) is 17.2. The molecule has 0 spiro atoms. The first kappa shape index (κ1) is 25.1. The molecule has 0 aliphatic heterocycles. The third-order valence-corrected chi connectivity index (χ3v) is 5.52. The summed E-state index contributed by atoms with van der Waals surface area (Å²) in [6.07, 6.45) is 7.61. The largest absolute Gasteiger partial charge is 0.370 e. The number of nitrogens with one attached hydrogen (secondary N) is 1. The fourth-order valence-corrected chi connectivity index (χ4v) is 3.94. The number of thiazole rings is 1. The molecule has 2 aromatic heterocycles. The van der Waals surface area contributed by atoms with E-state index < -0.39 is 0 Å². The Labute approximate surface area is 176 Å². The lowest BCUT2D eigenvalue weighted by Gasteiger charge is -2.04. The highest BCUT2D eigenvalue weighted by Gasteiger charge is 2.07. The minimum Gasteiger partial charge on any atom is -0.370 e. The molecule has 148 valence electrons. The molecule has 0 amide bonds. The zero-order valence-electron chi connectivity index (χ0n) is 15.1. The lowest BCUT2D eigenvalue weighted by Crippen LogP contribution is -2.31. The molecule has 0 aliphatic rings. The van der Waals surface area contributed by atoms with E-state index in [-0.39, 0.29) is 24.8 Å². The Morgan fingerprint density at radius 2 is 1.88 bits per heavy atom. The number of nitrogens with zero attached hydrogens (tertiary/aromatic N) is 2. The van der Waals surface area contributed by atoms with E-state index in [2.05, 4.69) is 28.3 Å². The van der Waals surface area contributed by atoms with Gasteiger partial charge in [0.2, 0.25) is 5.13 Å². The second-order valence-corrected chi connectivity index (χ2v) is 7.68. The van der Waals surface area contributed by atoms with Crippen LogP contribution in [-0.2, 0) is 6.54 Å². The van der Waals surface area contributed by atoms with E-state index in [1.807, 2.05) is 11.4 Å². The summed E-state index contributed by atoms with van der Waals surface area (Å²) >= 11 is 3.17. The van der Waals surface area contributed by atoms with Crippen molar-refractivity contribution in [3.05, 3.63) is 22.4 Å². The van der Waals surface area contributed by atoms with E-state index >= 15 is 0 Å². The van der Waals surface area contributed by atoms with Crippen molar-refractivity contribution in [3.8, 4) is 10.6 Å². The Balaban J connectivity index is 0.00000312. The van der Waals surface area contributed by atoms with Gasteiger partial charge in [0.25, 0.3) is 0 Å². The number of halogens is 2. The normalized spacial score (nSPS) is 10.9. The first-order valence-corrected chi connectivity index (χ1v) is 10.2. The van der Waals surface area contributed by atoms with Gasteiger partial charge in [-0.1, -0.05) is 39.0 Å². The Bertz CT molecular complexity index is 643. The van der Waals surface area contributed by atoms with E-state index in [4.69, 9.17) is 11.5 Å². The second kappa shape index (κ2) is 14.2. The number of aliphatic imine (C=N–C) groups is 1. The molecule has 5 nitrogen and oxygen atoms in total. The number of guanidine groups is 1. The summed E-state index contributed by atoms with van der Waals surface area (Å²) in [5, 5.41) is 5.85. The van der Waals surface area contributed by atoms with E-state index in [0.717, 1.165) is 28.4 Å². The van der Waals surface area contributed by atoms with Crippen LogP contribution in [0, 0.1) is 0 Å². The summed E-state index contributed by atoms with van der Waals surface area (Å²) in [6.45, 7) is 3.66. The SMILES string of the molecule is CCCCCCCCN/C(N)=N/c1nc(-c2ccc(CN)s2)cs1.Cl.Cl. The molecule has 5 N–H and O–H groups in total. The molecule has 2 rings (SSSR count). The van der Waals surface area contributed by atoms with E-state index in [0.29, 0.717) is 17.6 Å².